The van der Waals surface area contributed by atoms with Gasteiger partial charge in [-0.1, -0.05) is 69.0 Å². The number of esters is 1. The van der Waals surface area contributed by atoms with Crippen LogP contribution in [0.5, 0.6) is 5.75 Å². The summed E-state index contributed by atoms with van der Waals surface area (Å²) in [6.45, 7) is 7.86. The molecule has 0 fully saturated rings. The van der Waals surface area contributed by atoms with Gasteiger partial charge in [0, 0.05) is 11.0 Å². The second-order valence-electron chi connectivity index (χ2n) is 5.17. The predicted octanol–water partition coefficient (Wildman–Crippen LogP) is 4.13. The Morgan fingerprint density at radius 2 is 1.45 bits per heavy atom. The van der Waals surface area contributed by atoms with E-state index >= 15 is 0 Å². The van der Waals surface area contributed by atoms with Crippen LogP contribution in [0.15, 0.2) is 72.8 Å². The highest BCUT2D eigenvalue weighted by atomic mass is 16.5. The van der Waals surface area contributed by atoms with Crippen molar-refractivity contribution in [3.63, 3.8) is 0 Å². The fourth-order valence-corrected chi connectivity index (χ4v) is 1.94. The molecule has 0 atom stereocenters. The molecule has 0 aliphatic heterocycles. The Labute approximate surface area is 119 Å². The van der Waals surface area contributed by atoms with Gasteiger partial charge in [-0.2, -0.15) is 0 Å². The van der Waals surface area contributed by atoms with E-state index in [-0.39, 0.29) is 0 Å². The zero-order valence-corrected chi connectivity index (χ0v) is 11.8. The number of benzene rings is 2. The molecular weight excluding hydrogens is 248 g/mol. The number of hydrogen-bond acceptors (Lipinski definition) is 2. The lowest BCUT2D eigenvalue weighted by Gasteiger charge is -2.26. The third-order valence-electron chi connectivity index (χ3n) is 3.45. The maximum atomic E-state index is 12.2. The van der Waals surface area contributed by atoms with Gasteiger partial charge in [-0.15, -0.1) is 0 Å². The molecule has 0 spiro atoms. The molecule has 0 saturated heterocycles. The first kappa shape index (κ1) is 14.1. The average molecular weight is 266 g/mol. The molecule has 0 bridgehead atoms. The Bertz CT molecular complexity index is 598. The molecule has 20 heavy (non-hydrogen) atoms. The minimum absolute atomic E-state index is 0.398. The number of para-hydroxylation sites is 1. The molecule has 2 aromatic carbocycles. The van der Waals surface area contributed by atoms with Crippen molar-refractivity contribution in [2.75, 3.05) is 0 Å². The van der Waals surface area contributed by atoms with Crippen molar-refractivity contribution < 1.29 is 9.53 Å². The number of carbonyl (C=O) groups excluding carboxylic acids is 1. The molecule has 0 aliphatic carbocycles. The second-order valence-corrected chi connectivity index (χ2v) is 5.17. The first-order chi connectivity index (χ1) is 9.51. The van der Waals surface area contributed by atoms with E-state index in [2.05, 4.69) is 6.58 Å². The van der Waals surface area contributed by atoms with E-state index < -0.39 is 11.4 Å². The Balaban J connectivity index is 2.16. The highest BCUT2D eigenvalue weighted by molar-refractivity contribution is 5.92. The summed E-state index contributed by atoms with van der Waals surface area (Å²) in [5, 5.41) is 0. The minimum atomic E-state index is -0.465. The first-order valence-corrected chi connectivity index (χ1v) is 6.54. The fraction of sp³-hybridized carbons (Fsp3) is 0.167. The molecule has 2 rings (SSSR count). The van der Waals surface area contributed by atoms with Crippen LogP contribution in [0.1, 0.15) is 19.4 Å². The monoisotopic (exact) mass is 266 g/mol. The van der Waals surface area contributed by atoms with Gasteiger partial charge in [0.2, 0.25) is 0 Å². The van der Waals surface area contributed by atoms with Gasteiger partial charge in [0.25, 0.3) is 0 Å². The van der Waals surface area contributed by atoms with E-state index in [1.807, 2.05) is 62.4 Å². The quantitative estimate of drug-likeness (QED) is 0.472. The van der Waals surface area contributed by atoms with E-state index in [0.717, 1.165) is 5.56 Å². The van der Waals surface area contributed by atoms with E-state index in [0.29, 0.717) is 11.3 Å². The second kappa shape index (κ2) is 5.74. The van der Waals surface area contributed by atoms with Gasteiger partial charge in [-0.05, 0) is 17.7 Å². The van der Waals surface area contributed by atoms with E-state index in [4.69, 9.17) is 4.74 Å². The first-order valence-electron chi connectivity index (χ1n) is 6.54. The topological polar surface area (TPSA) is 26.3 Å². The van der Waals surface area contributed by atoms with Crippen LogP contribution in [0.25, 0.3) is 0 Å². The van der Waals surface area contributed by atoms with Crippen LogP contribution in [0.3, 0.4) is 0 Å². The van der Waals surface area contributed by atoms with Gasteiger partial charge in [0.05, 0.1) is 0 Å². The van der Waals surface area contributed by atoms with Crippen LogP contribution in [-0.2, 0) is 10.2 Å². The molecule has 0 amide bonds. The molecule has 102 valence electrons. The average Bonchev–Trinajstić information content (AvgIpc) is 2.48. The van der Waals surface area contributed by atoms with Crippen molar-refractivity contribution in [2.45, 2.75) is 19.3 Å². The van der Waals surface area contributed by atoms with Crippen molar-refractivity contribution in [2.24, 2.45) is 0 Å². The van der Waals surface area contributed by atoms with E-state index in [9.17, 15) is 4.79 Å². The van der Waals surface area contributed by atoms with Gasteiger partial charge >= 0.3 is 5.97 Å². The van der Waals surface area contributed by atoms with Gasteiger partial charge in [0.1, 0.15) is 5.75 Å². The molecule has 2 heteroatoms. The number of hydrogen-bond donors (Lipinski definition) is 0. The molecule has 2 nitrogen and oxygen atoms in total. The van der Waals surface area contributed by atoms with Crippen molar-refractivity contribution in [3.05, 3.63) is 78.4 Å². The number of carbonyl (C=O) groups is 1. The highest BCUT2D eigenvalue weighted by Gasteiger charge is 2.30. The number of rotatable bonds is 4. The standard InChI is InChI=1S/C18H18O2/c1-14(17(19)20-16-12-8-5-9-13-16)18(2,3)15-10-6-4-7-11-15/h4-13H,1H2,2-3H3. The largest absolute Gasteiger partial charge is 0.423 e. The molecule has 0 aliphatic rings. The van der Waals surface area contributed by atoms with Crippen molar-refractivity contribution in [1.29, 1.82) is 0 Å². The van der Waals surface area contributed by atoms with Gasteiger partial charge < -0.3 is 4.74 Å². The summed E-state index contributed by atoms with van der Waals surface area (Å²) in [5.41, 5.74) is 1.01. The summed E-state index contributed by atoms with van der Waals surface area (Å²) < 4.78 is 5.35. The molecule has 0 N–H and O–H groups in total. The molecule has 2 aromatic rings. The summed E-state index contributed by atoms with van der Waals surface area (Å²) in [6.07, 6.45) is 0. The van der Waals surface area contributed by atoms with Crippen LogP contribution in [0.2, 0.25) is 0 Å². The predicted molar refractivity (Wildman–Crippen MR) is 80.7 cm³/mol. The highest BCUT2D eigenvalue weighted by Crippen LogP contribution is 2.31. The third-order valence-corrected chi connectivity index (χ3v) is 3.45. The van der Waals surface area contributed by atoms with Crippen molar-refractivity contribution >= 4 is 5.97 Å². The zero-order chi connectivity index (χ0) is 14.6. The van der Waals surface area contributed by atoms with Crippen LogP contribution >= 0.6 is 0 Å². The van der Waals surface area contributed by atoms with Crippen molar-refractivity contribution in [3.8, 4) is 5.75 Å². The summed E-state index contributed by atoms with van der Waals surface area (Å²) >= 11 is 0. The van der Waals surface area contributed by atoms with Gasteiger partial charge in [0.15, 0.2) is 0 Å². The Morgan fingerprint density at radius 3 is 2.00 bits per heavy atom. The van der Waals surface area contributed by atoms with Gasteiger partial charge in [-0.3, -0.25) is 0 Å². The summed E-state index contributed by atoms with van der Waals surface area (Å²) in [6, 6.07) is 18.9. The van der Waals surface area contributed by atoms with E-state index in [1.54, 1.807) is 12.1 Å². The minimum Gasteiger partial charge on any atom is -0.423 e. The Morgan fingerprint density at radius 1 is 0.950 bits per heavy atom. The summed E-state index contributed by atoms with van der Waals surface area (Å²) in [7, 11) is 0. The summed E-state index contributed by atoms with van der Waals surface area (Å²) in [4.78, 5) is 12.2. The maximum absolute atomic E-state index is 12.2. The molecule has 0 saturated carbocycles. The summed E-state index contributed by atoms with van der Waals surface area (Å²) in [5.74, 6) is 0.132. The maximum Gasteiger partial charge on any atom is 0.339 e. The molecule has 0 radical (unpaired) electrons. The van der Waals surface area contributed by atoms with Gasteiger partial charge in [-0.25, -0.2) is 4.79 Å². The molecular formula is C18H18O2. The van der Waals surface area contributed by atoms with Crippen LogP contribution in [0, 0.1) is 0 Å². The molecule has 0 unspecified atom stereocenters. The lowest BCUT2D eigenvalue weighted by molar-refractivity contribution is -0.130. The fourth-order valence-electron chi connectivity index (χ4n) is 1.94. The van der Waals surface area contributed by atoms with E-state index in [1.165, 1.54) is 0 Å². The lowest BCUT2D eigenvalue weighted by atomic mass is 9.78. The van der Waals surface area contributed by atoms with Crippen molar-refractivity contribution in [1.82, 2.24) is 0 Å². The van der Waals surface area contributed by atoms with Crippen LogP contribution in [0.4, 0.5) is 0 Å². The SMILES string of the molecule is C=C(C(=O)Oc1ccccc1)C(C)(C)c1ccccc1. The Kier molecular flexibility index (Phi) is 4.04. The third kappa shape index (κ3) is 2.97. The van der Waals surface area contributed by atoms with Crippen LogP contribution in [-0.4, -0.2) is 5.97 Å². The zero-order valence-electron chi connectivity index (χ0n) is 11.8. The molecule has 0 aromatic heterocycles. The number of ether oxygens (including phenoxy) is 1. The molecule has 0 heterocycles. The van der Waals surface area contributed by atoms with Crippen LogP contribution < -0.4 is 4.74 Å². The smallest absolute Gasteiger partial charge is 0.339 e. The normalized spacial score (nSPS) is 10.9. The lowest BCUT2D eigenvalue weighted by Crippen LogP contribution is -2.27. The Hall–Kier alpha value is -2.35.